The van der Waals surface area contributed by atoms with E-state index in [1.165, 1.54) is 51.6 Å². The molecular formula is C14H21N3. The molecular weight excluding hydrogens is 210 g/mol. The van der Waals surface area contributed by atoms with Crippen molar-refractivity contribution in [2.24, 2.45) is 0 Å². The third-order valence-electron chi connectivity index (χ3n) is 3.87. The maximum absolute atomic E-state index is 4.73. The van der Waals surface area contributed by atoms with Crippen LogP contribution in [0, 0.1) is 0 Å². The molecule has 92 valence electrons. The smallest absolute Gasteiger partial charge is 0.130 e. The molecule has 2 heterocycles. The molecule has 0 atom stereocenters. The lowest BCUT2D eigenvalue weighted by molar-refractivity contribution is 0.750. The molecule has 0 aromatic carbocycles. The van der Waals surface area contributed by atoms with E-state index in [4.69, 9.17) is 4.98 Å². The summed E-state index contributed by atoms with van der Waals surface area (Å²) in [6.45, 7) is 2.33. The minimum atomic E-state index is 0.649. The lowest BCUT2D eigenvalue weighted by atomic mass is 10.2. The van der Waals surface area contributed by atoms with E-state index < -0.39 is 0 Å². The normalized spacial score (nSPS) is 21.1. The van der Waals surface area contributed by atoms with Crippen LogP contribution >= 0.6 is 0 Å². The van der Waals surface area contributed by atoms with Crippen molar-refractivity contribution in [2.45, 2.75) is 44.6 Å². The van der Waals surface area contributed by atoms with E-state index in [1.54, 1.807) is 0 Å². The van der Waals surface area contributed by atoms with E-state index in [-0.39, 0.29) is 0 Å². The van der Waals surface area contributed by atoms with E-state index in [9.17, 15) is 0 Å². The van der Waals surface area contributed by atoms with E-state index in [0.717, 1.165) is 11.6 Å². The third-order valence-corrected chi connectivity index (χ3v) is 3.87. The third kappa shape index (κ3) is 2.54. The van der Waals surface area contributed by atoms with Gasteiger partial charge >= 0.3 is 0 Å². The highest BCUT2D eigenvalue weighted by Crippen LogP contribution is 2.23. The van der Waals surface area contributed by atoms with Crippen LogP contribution in [0.15, 0.2) is 18.2 Å². The Balaban J connectivity index is 1.69. The largest absolute Gasteiger partial charge is 0.367 e. The zero-order chi connectivity index (χ0) is 11.5. The monoisotopic (exact) mass is 231 g/mol. The lowest BCUT2D eigenvalue weighted by Crippen LogP contribution is -2.20. The molecule has 2 fully saturated rings. The molecule has 0 bridgehead atoms. The Labute approximate surface area is 103 Å². The number of nitrogens with zero attached hydrogens (tertiary/aromatic N) is 2. The Kier molecular flexibility index (Phi) is 3.16. The molecule has 3 rings (SSSR count). The van der Waals surface area contributed by atoms with Gasteiger partial charge in [0.2, 0.25) is 0 Å². The number of aromatic nitrogens is 1. The van der Waals surface area contributed by atoms with Gasteiger partial charge in [-0.15, -0.1) is 0 Å². The molecule has 0 spiro atoms. The van der Waals surface area contributed by atoms with Gasteiger partial charge in [-0.3, -0.25) is 0 Å². The second-order valence-corrected chi connectivity index (χ2v) is 5.20. The summed E-state index contributed by atoms with van der Waals surface area (Å²) in [4.78, 5) is 7.12. The van der Waals surface area contributed by atoms with Crippen LogP contribution in [0.5, 0.6) is 0 Å². The fraction of sp³-hybridized carbons (Fsp3) is 0.643. The van der Waals surface area contributed by atoms with Gasteiger partial charge in [-0.25, -0.2) is 4.98 Å². The molecule has 1 aliphatic carbocycles. The van der Waals surface area contributed by atoms with Gasteiger partial charge in [-0.2, -0.15) is 0 Å². The van der Waals surface area contributed by atoms with Gasteiger partial charge < -0.3 is 10.2 Å². The quantitative estimate of drug-likeness (QED) is 0.866. The summed E-state index contributed by atoms with van der Waals surface area (Å²) in [6.07, 6.45) is 7.95. The minimum absolute atomic E-state index is 0.649. The summed E-state index contributed by atoms with van der Waals surface area (Å²) in [5.41, 5.74) is 0. The van der Waals surface area contributed by atoms with Crippen molar-refractivity contribution in [2.75, 3.05) is 23.3 Å². The summed E-state index contributed by atoms with van der Waals surface area (Å²) >= 11 is 0. The van der Waals surface area contributed by atoms with Crippen LogP contribution in [-0.4, -0.2) is 24.1 Å². The van der Waals surface area contributed by atoms with E-state index >= 15 is 0 Å². The van der Waals surface area contributed by atoms with E-state index in [0.29, 0.717) is 6.04 Å². The molecule has 1 aromatic rings. The van der Waals surface area contributed by atoms with Gasteiger partial charge in [0.25, 0.3) is 0 Å². The molecule has 0 amide bonds. The highest BCUT2D eigenvalue weighted by molar-refractivity contribution is 5.48. The van der Waals surface area contributed by atoms with Gasteiger partial charge in [0, 0.05) is 19.1 Å². The van der Waals surface area contributed by atoms with Crippen molar-refractivity contribution in [3.05, 3.63) is 18.2 Å². The number of pyridine rings is 1. The number of rotatable bonds is 3. The Morgan fingerprint density at radius 1 is 1.06 bits per heavy atom. The molecule has 1 saturated carbocycles. The predicted octanol–water partition coefficient (Wildman–Crippen LogP) is 3.04. The molecule has 3 nitrogen and oxygen atoms in total. The fourth-order valence-electron chi connectivity index (χ4n) is 2.91. The standard InChI is InChI=1S/C14H21N3/c1-2-7-12(6-1)15-13-8-5-9-14(16-13)17-10-3-4-11-17/h5,8-9,12H,1-4,6-7,10-11H2,(H,15,16). The fourth-order valence-corrected chi connectivity index (χ4v) is 2.91. The molecule has 1 aliphatic heterocycles. The zero-order valence-electron chi connectivity index (χ0n) is 10.4. The van der Waals surface area contributed by atoms with Crippen LogP contribution in [0.1, 0.15) is 38.5 Å². The van der Waals surface area contributed by atoms with Crippen LogP contribution in [-0.2, 0) is 0 Å². The van der Waals surface area contributed by atoms with Crippen molar-refractivity contribution < 1.29 is 0 Å². The number of hydrogen-bond donors (Lipinski definition) is 1. The molecule has 1 saturated heterocycles. The second-order valence-electron chi connectivity index (χ2n) is 5.20. The summed E-state index contributed by atoms with van der Waals surface area (Å²) in [6, 6.07) is 7.00. The molecule has 0 unspecified atom stereocenters. The number of anilines is 2. The summed E-state index contributed by atoms with van der Waals surface area (Å²) < 4.78 is 0. The van der Waals surface area contributed by atoms with E-state index in [1.807, 2.05) is 0 Å². The van der Waals surface area contributed by atoms with Crippen LogP contribution in [0.4, 0.5) is 11.6 Å². The number of hydrogen-bond acceptors (Lipinski definition) is 3. The Bertz CT molecular complexity index is 365. The summed E-state index contributed by atoms with van der Waals surface area (Å²) in [7, 11) is 0. The first-order valence-corrected chi connectivity index (χ1v) is 6.90. The molecule has 0 radical (unpaired) electrons. The topological polar surface area (TPSA) is 28.2 Å². The summed E-state index contributed by atoms with van der Waals surface area (Å²) in [5, 5.41) is 3.57. The molecule has 1 aromatic heterocycles. The van der Waals surface area contributed by atoms with E-state index in [2.05, 4.69) is 28.4 Å². The Morgan fingerprint density at radius 3 is 2.59 bits per heavy atom. The highest BCUT2D eigenvalue weighted by atomic mass is 15.2. The minimum Gasteiger partial charge on any atom is -0.367 e. The summed E-state index contributed by atoms with van der Waals surface area (Å²) in [5.74, 6) is 2.20. The SMILES string of the molecule is c1cc(NC2CCCC2)nc(N2CCCC2)c1. The average molecular weight is 231 g/mol. The Morgan fingerprint density at radius 2 is 1.82 bits per heavy atom. The van der Waals surface area contributed by atoms with Gasteiger partial charge in [0.15, 0.2) is 0 Å². The van der Waals surface area contributed by atoms with Crippen molar-refractivity contribution in [3.63, 3.8) is 0 Å². The molecule has 2 aliphatic rings. The maximum atomic E-state index is 4.73. The second kappa shape index (κ2) is 4.94. The van der Waals surface area contributed by atoms with Gasteiger partial charge in [0.1, 0.15) is 11.6 Å². The lowest BCUT2D eigenvalue weighted by Gasteiger charge is -2.18. The molecule has 3 heteroatoms. The van der Waals surface area contributed by atoms with Crippen molar-refractivity contribution in [1.82, 2.24) is 4.98 Å². The molecule has 17 heavy (non-hydrogen) atoms. The first-order chi connectivity index (χ1) is 8.42. The van der Waals surface area contributed by atoms with Crippen LogP contribution in [0.3, 0.4) is 0 Å². The highest BCUT2D eigenvalue weighted by Gasteiger charge is 2.16. The van der Waals surface area contributed by atoms with Crippen LogP contribution < -0.4 is 10.2 Å². The van der Waals surface area contributed by atoms with Crippen molar-refractivity contribution >= 4 is 11.6 Å². The zero-order valence-corrected chi connectivity index (χ0v) is 10.4. The predicted molar refractivity (Wildman–Crippen MR) is 71.6 cm³/mol. The van der Waals surface area contributed by atoms with Gasteiger partial charge in [-0.1, -0.05) is 18.9 Å². The number of nitrogens with one attached hydrogen (secondary N) is 1. The maximum Gasteiger partial charge on any atom is 0.130 e. The average Bonchev–Trinajstić information content (AvgIpc) is 3.01. The van der Waals surface area contributed by atoms with Gasteiger partial charge in [0.05, 0.1) is 0 Å². The van der Waals surface area contributed by atoms with Crippen LogP contribution in [0.25, 0.3) is 0 Å². The first kappa shape index (κ1) is 10.9. The van der Waals surface area contributed by atoms with Crippen molar-refractivity contribution in [3.8, 4) is 0 Å². The van der Waals surface area contributed by atoms with Gasteiger partial charge in [-0.05, 0) is 37.8 Å². The molecule has 1 N–H and O–H groups in total. The van der Waals surface area contributed by atoms with Crippen LogP contribution in [0.2, 0.25) is 0 Å². The first-order valence-electron chi connectivity index (χ1n) is 6.90. The van der Waals surface area contributed by atoms with Crippen molar-refractivity contribution in [1.29, 1.82) is 0 Å². The Hall–Kier alpha value is -1.25.